The zero-order chi connectivity index (χ0) is 21.8. The molecule has 0 atom stereocenters. The van der Waals surface area contributed by atoms with E-state index in [0.717, 1.165) is 12.8 Å². The molecule has 0 spiro atoms. The smallest absolute Gasteiger partial charge is 0.0740 e. The topological polar surface area (TPSA) is 38.0 Å². The van der Waals surface area contributed by atoms with Crippen LogP contribution in [-0.4, -0.2) is 0 Å². The van der Waals surface area contributed by atoms with E-state index in [1.54, 1.807) is 0 Å². The van der Waals surface area contributed by atoms with Gasteiger partial charge in [-0.3, -0.25) is 5.09 Å². The number of nitrogens with one attached hydrogen (secondary N) is 1. The average molecular weight is 453 g/mol. The lowest BCUT2D eigenvalue weighted by atomic mass is 9.56. The Morgan fingerprint density at radius 1 is 0.594 bits per heavy atom. The Kier molecular flexibility index (Phi) is 4.54. The van der Waals surface area contributed by atoms with Crippen molar-refractivity contribution >= 4 is 28.6 Å². The van der Waals surface area contributed by atoms with Gasteiger partial charge in [-0.1, -0.05) is 121 Å². The van der Waals surface area contributed by atoms with Crippen molar-refractivity contribution in [2.75, 3.05) is 0 Å². The summed E-state index contributed by atoms with van der Waals surface area (Å²) in [5.74, 6) is 0. The molecule has 7 rings (SSSR count). The van der Waals surface area contributed by atoms with E-state index < -0.39 is 11.7 Å². The Bertz CT molecular complexity index is 1260. The van der Waals surface area contributed by atoms with Gasteiger partial charge in [0.25, 0.3) is 0 Å². The predicted molar refractivity (Wildman–Crippen MR) is 137 cm³/mol. The molecule has 2 nitrogen and oxygen atoms in total. The van der Waals surface area contributed by atoms with Gasteiger partial charge in [-0.15, -0.1) is 0 Å². The number of hydrogen-bond acceptors (Lipinski definition) is 2. The molecule has 0 aromatic heterocycles. The number of benzene rings is 4. The lowest BCUT2D eigenvalue weighted by molar-refractivity contribution is 0.287. The average Bonchev–Trinajstić information content (AvgIpc) is 2.87. The molecule has 0 aliphatic heterocycles. The van der Waals surface area contributed by atoms with Crippen LogP contribution in [0.15, 0.2) is 109 Å². The second kappa shape index (κ2) is 7.23. The van der Waals surface area contributed by atoms with Crippen molar-refractivity contribution in [2.45, 2.75) is 23.9 Å². The number of hydrogen-bond donors (Lipinski definition) is 2. The molecule has 4 aromatic carbocycles. The summed E-state index contributed by atoms with van der Waals surface area (Å²) in [7, 11) is 0. The normalized spacial score (nSPS) is 23.4. The summed E-state index contributed by atoms with van der Waals surface area (Å²) in [6.45, 7) is 0. The monoisotopic (exact) mass is 452 g/mol. The highest BCUT2D eigenvalue weighted by atomic mass is 32.4. The molecule has 2 bridgehead atoms. The predicted octanol–water partition coefficient (Wildman–Crippen LogP) is 4.87. The lowest BCUT2D eigenvalue weighted by Gasteiger charge is -2.55. The molecule has 32 heavy (non-hydrogen) atoms. The second-order valence-electron chi connectivity index (χ2n) is 8.86. The maximum absolute atomic E-state index is 7.12. The van der Waals surface area contributed by atoms with Gasteiger partial charge < -0.3 is 5.73 Å². The van der Waals surface area contributed by atoms with Gasteiger partial charge >= 0.3 is 0 Å². The van der Waals surface area contributed by atoms with Crippen LogP contribution in [0.2, 0.25) is 0 Å². The van der Waals surface area contributed by atoms with Crippen LogP contribution in [0.1, 0.15) is 35.1 Å². The fourth-order valence-corrected chi connectivity index (χ4v) is 9.53. The molecule has 3 N–H and O–H groups in total. The molecule has 3 aliphatic rings. The van der Waals surface area contributed by atoms with Gasteiger partial charge in [-0.25, -0.2) is 0 Å². The van der Waals surface area contributed by atoms with E-state index >= 15 is 0 Å². The third-order valence-corrected chi connectivity index (χ3v) is 11.5. The molecule has 4 heteroatoms. The summed E-state index contributed by atoms with van der Waals surface area (Å²) in [5, 5.41) is 6.53. The van der Waals surface area contributed by atoms with E-state index in [-0.39, 0.29) is 5.54 Å². The largest absolute Gasteiger partial charge is 0.318 e. The SMILES string of the molecule is NC12CCC(NP(=S)(c3ccccc3)c3ccccc3)(c3ccccc31)c1ccccc12. The summed E-state index contributed by atoms with van der Waals surface area (Å²) in [6.07, 6.45) is -0.519. The van der Waals surface area contributed by atoms with E-state index in [1.807, 2.05) is 0 Å². The van der Waals surface area contributed by atoms with Crippen molar-refractivity contribution < 1.29 is 0 Å². The maximum atomic E-state index is 7.12. The van der Waals surface area contributed by atoms with Crippen molar-refractivity contribution in [1.82, 2.24) is 5.09 Å². The summed E-state index contributed by atoms with van der Waals surface area (Å²) in [4.78, 5) is 0. The summed E-state index contributed by atoms with van der Waals surface area (Å²) >= 11 is 6.63. The Morgan fingerprint density at radius 3 is 1.47 bits per heavy atom. The van der Waals surface area contributed by atoms with Gasteiger partial charge in [-0.05, 0) is 35.1 Å². The Balaban J connectivity index is 1.63. The fraction of sp³-hybridized carbons (Fsp3) is 0.143. The van der Waals surface area contributed by atoms with Crippen LogP contribution in [-0.2, 0) is 22.9 Å². The van der Waals surface area contributed by atoms with E-state index in [4.69, 9.17) is 17.5 Å². The van der Waals surface area contributed by atoms with Gasteiger partial charge in [0, 0.05) is 10.6 Å². The van der Waals surface area contributed by atoms with Crippen molar-refractivity contribution in [3.63, 3.8) is 0 Å². The zero-order valence-corrected chi connectivity index (χ0v) is 19.5. The fourth-order valence-electron chi connectivity index (χ4n) is 5.70. The van der Waals surface area contributed by atoms with Crippen LogP contribution in [0, 0.1) is 0 Å². The van der Waals surface area contributed by atoms with Crippen LogP contribution >= 0.6 is 6.19 Å². The molecule has 0 radical (unpaired) electrons. The highest BCUT2D eigenvalue weighted by Gasteiger charge is 2.55. The Labute approximate surface area is 194 Å². The minimum atomic E-state index is -2.34. The molecule has 0 saturated carbocycles. The first-order valence-electron chi connectivity index (χ1n) is 11.1. The molecule has 0 heterocycles. The first kappa shape index (κ1) is 20.1. The second-order valence-corrected chi connectivity index (χ2v) is 13.0. The molecule has 0 saturated heterocycles. The molecular formula is C28H25N2PS. The van der Waals surface area contributed by atoms with Crippen LogP contribution in [0.25, 0.3) is 0 Å². The molecule has 3 aliphatic carbocycles. The first-order chi connectivity index (χ1) is 15.6. The minimum absolute atomic E-state index is 0.366. The zero-order valence-electron chi connectivity index (χ0n) is 17.7. The quantitative estimate of drug-likeness (QED) is 0.434. The van der Waals surface area contributed by atoms with Gasteiger partial charge in [0.1, 0.15) is 0 Å². The summed E-state index contributed by atoms with van der Waals surface area (Å²) in [5.41, 5.74) is 11.3. The van der Waals surface area contributed by atoms with Crippen molar-refractivity contribution in [2.24, 2.45) is 5.73 Å². The molecule has 0 fully saturated rings. The van der Waals surface area contributed by atoms with Crippen LogP contribution < -0.4 is 21.4 Å². The number of rotatable bonds is 4. The Hall–Kier alpha value is -2.55. The highest BCUT2D eigenvalue weighted by molar-refractivity contribution is 8.20. The molecule has 158 valence electrons. The molecule has 0 amide bonds. The molecule has 0 unspecified atom stereocenters. The lowest BCUT2D eigenvalue weighted by Crippen LogP contribution is -2.59. The van der Waals surface area contributed by atoms with Crippen molar-refractivity contribution in [1.29, 1.82) is 0 Å². The van der Waals surface area contributed by atoms with E-state index in [2.05, 4.69) is 114 Å². The standard InChI is InChI=1S/C28H25N2PS/c29-27-19-20-28(25-17-9-7-15-23(25)27,26-18-10-8-16-24(26)27)30-31(32,21-11-3-1-4-12-21)22-13-5-2-6-14-22/h1-18H,19-20,29H2,(H,30,32). The summed E-state index contributed by atoms with van der Waals surface area (Å²) < 4.78 is 0. The molecule has 4 aromatic rings. The molecular weight excluding hydrogens is 427 g/mol. The Morgan fingerprint density at radius 2 is 1.00 bits per heavy atom. The number of nitrogens with two attached hydrogens (primary N) is 1. The minimum Gasteiger partial charge on any atom is -0.318 e. The summed E-state index contributed by atoms with van der Waals surface area (Å²) in [6, 6.07) is 38.5. The van der Waals surface area contributed by atoms with E-state index in [0.29, 0.717) is 0 Å². The van der Waals surface area contributed by atoms with Gasteiger partial charge in [0.15, 0.2) is 0 Å². The number of fused-ring (bicyclic) bond motifs is 1. The third kappa shape index (κ3) is 2.69. The van der Waals surface area contributed by atoms with Crippen LogP contribution in [0.3, 0.4) is 0 Å². The van der Waals surface area contributed by atoms with Crippen LogP contribution in [0.4, 0.5) is 0 Å². The van der Waals surface area contributed by atoms with Gasteiger partial charge in [0.2, 0.25) is 0 Å². The van der Waals surface area contributed by atoms with Gasteiger partial charge in [0.05, 0.1) is 17.3 Å². The first-order valence-corrected chi connectivity index (χ1v) is 13.9. The highest BCUT2D eigenvalue weighted by Crippen LogP contribution is 2.59. The van der Waals surface area contributed by atoms with Crippen LogP contribution in [0.5, 0.6) is 0 Å². The van der Waals surface area contributed by atoms with Crippen molar-refractivity contribution in [3.05, 3.63) is 131 Å². The van der Waals surface area contributed by atoms with Crippen molar-refractivity contribution in [3.8, 4) is 0 Å². The maximum Gasteiger partial charge on any atom is 0.0740 e. The van der Waals surface area contributed by atoms with E-state index in [9.17, 15) is 0 Å². The third-order valence-electron chi connectivity index (χ3n) is 7.22. The van der Waals surface area contributed by atoms with Gasteiger partial charge in [-0.2, -0.15) is 0 Å². The van der Waals surface area contributed by atoms with E-state index in [1.165, 1.54) is 32.9 Å².